The molecule has 3 heteroatoms. The summed E-state index contributed by atoms with van der Waals surface area (Å²) in [4.78, 5) is 11.7. The second-order valence-corrected chi connectivity index (χ2v) is 4.32. The predicted octanol–water partition coefficient (Wildman–Crippen LogP) is 4.55. The number of carbonyl (C=O) groups is 1. The zero-order valence-electron chi connectivity index (χ0n) is 11.8. The first-order valence-electron chi connectivity index (χ1n) is 6.71. The van der Waals surface area contributed by atoms with E-state index in [9.17, 15) is 4.79 Å². The van der Waals surface area contributed by atoms with Gasteiger partial charge in [0.15, 0.2) is 0 Å². The predicted molar refractivity (Wildman–Crippen MR) is 85.5 cm³/mol. The Morgan fingerprint density at radius 3 is 2.52 bits per heavy atom. The standard InChI is InChI=1S/C18H17NO2/c1-2-3-5-13-18(20)19-15-9-8-12-17(14-15)21-16-10-6-4-7-11-16/h2-14H,1H3,(H,19,20). The van der Waals surface area contributed by atoms with Crippen LogP contribution in [0.3, 0.4) is 0 Å². The minimum atomic E-state index is -0.176. The highest BCUT2D eigenvalue weighted by Gasteiger charge is 2.01. The molecule has 2 aromatic carbocycles. The molecule has 2 rings (SSSR count). The molecule has 0 aliphatic rings. The largest absolute Gasteiger partial charge is 0.457 e. The lowest BCUT2D eigenvalue weighted by molar-refractivity contribution is -0.111. The van der Waals surface area contributed by atoms with E-state index in [1.165, 1.54) is 6.08 Å². The summed E-state index contributed by atoms with van der Waals surface area (Å²) in [5.74, 6) is 1.26. The number of allylic oxidation sites excluding steroid dienone is 3. The molecule has 0 saturated carbocycles. The van der Waals surface area contributed by atoms with Crippen LogP contribution in [0.15, 0.2) is 78.9 Å². The van der Waals surface area contributed by atoms with Crippen molar-refractivity contribution in [2.24, 2.45) is 0 Å². The van der Waals surface area contributed by atoms with Gasteiger partial charge in [-0.05, 0) is 31.2 Å². The third-order valence-electron chi connectivity index (χ3n) is 2.63. The summed E-state index contributed by atoms with van der Waals surface area (Å²) in [5, 5.41) is 2.79. The molecule has 0 atom stereocenters. The number of carbonyl (C=O) groups excluding carboxylic acids is 1. The number of hydrogen-bond acceptors (Lipinski definition) is 2. The molecule has 0 aliphatic carbocycles. The van der Waals surface area contributed by atoms with Crippen LogP contribution in [0.2, 0.25) is 0 Å². The Balaban J connectivity index is 2.02. The summed E-state index contributed by atoms with van der Waals surface area (Å²) in [7, 11) is 0. The molecule has 0 aromatic heterocycles. The first kappa shape index (κ1) is 14.6. The fourth-order valence-electron chi connectivity index (χ4n) is 1.70. The van der Waals surface area contributed by atoms with Gasteiger partial charge < -0.3 is 10.1 Å². The van der Waals surface area contributed by atoms with E-state index in [4.69, 9.17) is 4.74 Å². The van der Waals surface area contributed by atoms with Crippen LogP contribution in [0.25, 0.3) is 0 Å². The fourth-order valence-corrected chi connectivity index (χ4v) is 1.70. The van der Waals surface area contributed by atoms with E-state index in [0.717, 1.165) is 5.75 Å². The number of nitrogens with one attached hydrogen (secondary N) is 1. The molecule has 21 heavy (non-hydrogen) atoms. The molecule has 1 N–H and O–H groups in total. The van der Waals surface area contributed by atoms with Crippen molar-refractivity contribution in [1.29, 1.82) is 0 Å². The van der Waals surface area contributed by atoms with E-state index in [-0.39, 0.29) is 5.91 Å². The molecule has 0 unspecified atom stereocenters. The van der Waals surface area contributed by atoms with E-state index >= 15 is 0 Å². The van der Waals surface area contributed by atoms with Crippen LogP contribution in [0.4, 0.5) is 5.69 Å². The zero-order chi connectivity index (χ0) is 14.9. The van der Waals surface area contributed by atoms with Crippen molar-refractivity contribution in [2.45, 2.75) is 6.92 Å². The maximum atomic E-state index is 11.7. The van der Waals surface area contributed by atoms with Crippen LogP contribution < -0.4 is 10.1 Å². The second kappa shape index (κ2) is 7.70. The molecule has 0 heterocycles. The van der Waals surface area contributed by atoms with Crippen LogP contribution in [0.5, 0.6) is 11.5 Å². The van der Waals surface area contributed by atoms with Gasteiger partial charge in [0.05, 0.1) is 0 Å². The second-order valence-electron chi connectivity index (χ2n) is 4.32. The lowest BCUT2D eigenvalue weighted by atomic mass is 10.3. The Bertz CT molecular complexity index is 645. The van der Waals surface area contributed by atoms with Gasteiger partial charge in [-0.25, -0.2) is 0 Å². The van der Waals surface area contributed by atoms with Crippen molar-refractivity contribution in [2.75, 3.05) is 5.32 Å². The Morgan fingerprint density at radius 2 is 1.76 bits per heavy atom. The van der Waals surface area contributed by atoms with Crippen LogP contribution in [0.1, 0.15) is 6.92 Å². The summed E-state index contributed by atoms with van der Waals surface area (Å²) in [6.07, 6.45) is 6.83. The number of para-hydroxylation sites is 1. The summed E-state index contributed by atoms with van der Waals surface area (Å²) in [5.41, 5.74) is 0.693. The van der Waals surface area contributed by atoms with E-state index in [0.29, 0.717) is 11.4 Å². The molecule has 2 aromatic rings. The van der Waals surface area contributed by atoms with E-state index in [1.54, 1.807) is 18.2 Å². The van der Waals surface area contributed by atoms with Crippen molar-refractivity contribution in [1.82, 2.24) is 0 Å². The summed E-state index contributed by atoms with van der Waals surface area (Å²) >= 11 is 0. The van der Waals surface area contributed by atoms with Gasteiger partial charge in [0.2, 0.25) is 5.91 Å². The van der Waals surface area contributed by atoms with Crippen LogP contribution >= 0.6 is 0 Å². The fraction of sp³-hybridized carbons (Fsp3) is 0.0556. The topological polar surface area (TPSA) is 38.3 Å². The van der Waals surface area contributed by atoms with Crippen LogP contribution in [-0.2, 0) is 4.79 Å². The summed E-state index contributed by atoms with van der Waals surface area (Å²) < 4.78 is 5.72. The lowest BCUT2D eigenvalue weighted by Gasteiger charge is -2.07. The van der Waals surface area contributed by atoms with Gasteiger partial charge in [0, 0.05) is 17.8 Å². The minimum Gasteiger partial charge on any atom is -0.457 e. The van der Waals surface area contributed by atoms with Crippen molar-refractivity contribution in [3.8, 4) is 11.5 Å². The SMILES string of the molecule is CC=CC=CC(=O)Nc1cccc(Oc2ccccc2)c1. The molecule has 106 valence electrons. The van der Waals surface area contributed by atoms with Gasteiger partial charge in [-0.3, -0.25) is 4.79 Å². The van der Waals surface area contributed by atoms with E-state index in [1.807, 2.05) is 61.5 Å². The van der Waals surface area contributed by atoms with Gasteiger partial charge in [0.25, 0.3) is 0 Å². The highest BCUT2D eigenvalue weighted by Crippen LogP contribution is 2.23. The van der Waals surface area contributed by atoms with Gasteiger partial charge in [-0.1, -0.05) is 42.5 Å². The van der Waals surface area contributed by atoms with E-state index in [2.05, 4.69) is 5.32 Å². The van der Waals surface area contributed by atoms with Gasteiger partial charge >= 0.3 is 0 Å². The van der Waals surface area contributed by atoms with Gasteiger partial charge in [0.1, 0.15) is 11.5 Å². The third kappa shape index (κ3) is 4.99. The number of anilines is 1. The summed E-state index contributed by atoms with van der Waals surface area (Å²) in [6.45, 7) is 1.90. The number of benzene rings is 2. The smallest absolute Gasteiger partial charge is 0.248 e. The van der Waals surface area contributed by atoms with Gasteiger partial charge in [-0.2, -0.15) is 0 Å². The Hall–Kier alpha value is -2.81. The highest BCUT2D eigenvalue weighted by atomic mass is 16.5. The van der Waals surface area contributed by atoms with Crippen LogP contribution in [0, 0.1) is 0 Å². The van der Waals surface area contributed by atoms with Gasteiger partial charge in [-0.15, -0.1) is 0 Å². The normalized spacial score (nSPS) is 10.9. The number of hydrogen-bond donors (Lipinski definition) is 1. The first-order chi connectivity index (χ1) is 10.3. The molecule has 0 radical (unpaired) electrons. The van der Waals surface area contributed by atoms with Crippen LogP contribution in [-0.4, -0.2) is 5.91 Å². The quantitative estimate of drug-likeness (QED) is 0.644. The molecule has 1 amide bonds. The Morgan fingerprint density at radius 1 is 1.00 bits per heavy atom. The maximum absolute atomic E-state index is 11.7. The first-order valence-corrected chi connectivity index (χ1v) is 6.71. The monoisotopic (exact) mass is 279 g/mol. The lowest BCUT2D eigenvalue weighted by Crippen LogP contribution is -2.07. The zero-order valence-corrected chi connectivity index (χ0v) is 11.8. The Kier molecular flexibility index (Phi) is 5.35. The molecule has 0 fully saturated rings. The Labute approximate surface area is 124 Å². The van der Waals surface area contributed by atoms with Crippen molar-refractivity contribution in [3.05, 3.63) is 78.9 Å². The van der Waals surface area contributed by atoms with Crippen molar-refractivity contribution < 1.29 is 9.53 Å². The van der Waals surface area contributed by atoms with Crippen molar-refractivity contribution >= 4 is 11.6 Å². The highest BCUT2D eigenvalue weighted by molar-refractivity contribution is 5.99. The maximum Gasteiger partial charge on any atom is 0.248 e. The number of rotatable bonds is 5. The molecule has 0 spiro atoms. The third-order valence-corrected chi connectivity index (χ3v) is 2.63. The summed E-state index contributed by atoms with van der Waals surface area (Å²) in [6, 6.07) is 16.8. The molecule has 3 nitrogen and oxygen atoms in total. The molecular formula is C18H17NO2. The molecular weight excluding hydrogens is 262 g/mol. The minimum absolute atomic E-state index is 0.176. The average molecular weight is 279 g/mol. The van der Waals surface area contributed by atoms with Crippen molar-refractivity contribution in [3.63, 3.8) is 0 Å². The average Bonchev–Trinajstić information content (AvgIpc) is 2.49. The number of amides is 1. The molecule has 0 saturated heterocycles. The number of ether oxygens (including phenoxy) is 1. The molecule has 0 bridgehead atoms. The molecule has 0 aliphatic heterocycles. The van der Waals surface area contributed by atoms with E-state index < -0.39 is 0 Å².